The molecule has 4 unspecified atom stereocenters. The minimum Gasteiger partial charge on any atom is -0.481 e. The van der Waals surface area contributed by atoms with Crippen molar-refractivity contribution in [1.82, 2.24) is 14.9 Å². The van der Waals surface area contributed by atoms with Crippen molar-refractivity contribution in [2.75, 3.05) is 49.8 Å². The predicted octanol–water partition coefficient (Wildman–Crippen LogP) is 1.19. The van der Waals surface area contributed by atoms with E-state index in [2.05, 4.69) is 15.6 Å². The van der Waals surface area contributed by atoms with E-state index in [0.717, 1.165) is 25.1 Å². The summed E-state index contributed by atoms with van der Waals surface area (Å²) in [5.74, 6) is -7.83. The van der Waals surface area contributed by atoms with Crippen LogP contribution in [-0.4, -0.2) is 133 Å². The first kappa shape index (κ1) is 45.9. The number of Topliss-reactive ketones (excluding diaryl/α,β-unsaturated/α-hetero) is 2. The first-order valence-electron chi connectivity index (χ1n) is 17.8. The van der Waals surface area contributed by atoms with Crippen LogP contribution in [0.2, 0.25) is 0 Å². The number of ether oxygens (including phenoxy) is 3. The number of thioether (sulfide) groups is 2. The Labute approximate surface area is 324 Å². The summed E-state index contributed by atoms with van der Waals surface area (Å²) in [5, 5.41) is 33.7. The van der Waals surface area contributed by atoms with Gasteiger partial charge in [-0.15, -0.1) is 0 Å². The maximum atomic E-state index is 14.4. The normalized spacial score (nSPS) is 22.5. The molecule has 1 aliphatic heterocycles. The van der Waals surface area contributed by atoms with E-state index in [1.165, 1.54) is 18.7 Å². The molecule has 55 heavy (non-hydrogen) atoms. The number of anilines is 1. The number of carboxylic acids is 1. The zero-order valence-electron chi connectivity index (χ0n) is 30.5. The second-order valence-electron chi connectivity index (χ2n) is 13.1. The van der Waals surface area contributed by atoms with Crippen molar-refractivity contribution >= 4 is 64.7 Å². The lowest BCUT2D eigenvalue weighted by Crippen LogP contribution is -2.41. The van der Waals surface area contributed by atoms with E-state index in [1.54, 1.807) is 11.8 Å². The number of aliphatic carboxylic acids is 1. The van der Waals surface area contributed by atoms with Gasteiger partial charge in [0.15, 0.2) is 12.7 Å². The van der Waals surface area contributed by atoms with Gasteiger partial charge in [0.25, 0.3) is 5.91 Å². The second-order valence-corrected chi connectivity index (χ2v) is 15.6. The van der Waals surface area contributed by atoms with E-state index < -0.39 is 67.0 Å². The summed E-state index contributed by atoms with van der Waals surface area (Å²) in [5.41, 5.74) is -1.24. The SMILES string of the molecule is CCC(CSC1CCC1SCC(CC(=O)CCOCCC(C)=O)C(=O)O)C(=O)NCCC(=O)OCC(=O)Nc1ccn([C@H]2O[C@@H](CO)[C@H](O)C2(F)F)c(=O)n1. The number of alkyl halides is 2. The molecule has 17 nitrogen and oxygen atoms in total. The van der Waals surface area contributed by atoms with Gasteiger partial charge in [-0.3, -0.25) is 33.3 Å². The van der Waals surface area contributed by atoms with Crippen molar-refractivity contribution < 1.29 is 67.1 Å². The highest BCUT2D eigenvalue weighted by Crippen LogP contribution is 2.43. The van der Waals surface area contributed by atoms with Gasteiger partial charge in [0.1, 0.15) is 23.5 Å². The smallest absolute Gasteiger partial charge is 0.351 e. The Bertz CT molecular complexity index is 1570. The number of ketones is 2. The molecule has 7 atom stereocenters. The van der Waals surface area contributed by atoms with Gasteiger partial charge >= 0.3 is 23.6 Å². The number of carboxylic acid groups (broad SMARTS) is 1. The number of aliphatic hydroxyl groups excluding tert-OH is 2. The van der Waals surface area contributed by atoms with Crippen molar-refractivity contribution in [3.05, 3.63) is 22.7 Å². The lowest BCUT2D eigenvalue weighted by atomic mass is 9.99. The number of amides is 2. The third-order valence-corrected chi connectivity index (χ3v) is 12.2. The highest BCUT2D eigenvalue weighted by atomic mass is 32.2. The number of halogens is 2. The fraction of sp³-hybridized carbons (Fsp3) is 0.706. The molecule has 2 fully saturated rings. The average molecular weight is 823 g/mol. The van der Waals surface area contributed by atoms with Crippen LogP contribution < -0.4 is 16.3 Å². The van der Waals surface area contributed by atoms with E-state index in [9.17, 15) is 52.6 Å². The zero-order chi connectivity index (χ0) is 40.7. The number of carbonyl (C=O) groups excluding carboxylic acids is 5. The molecule has 5 N–H and O–H groups in total. The molecule has 1 saturated carbocycles. The van der Waals surface area contributed by atoms with E-state index >= 15 is 0 Å². The second kappa shape index (κ2) is 22.3. The number of aliphatic hydroxyl groups is 2. The molecule has 1 aromatic rings. The third-order valence-electron chi connectivity index (χ3n) is 8.89. The highest BCUT2D eigenvalue weighted by molar-refractivity contribution is 8.04. The number of esters is 1. The van der Waals surface area contributed by atoms with Crippen LogP contribution in [0.4, 0.5) is 14.6 Å². The Hall–Kier alpha value is -3.50. The Morgan fingerprint density at radius 2 is 1.73 bits per heavy atom. The Kier molecular flexibility index (Phi) is 18.6. The number of nitrogens with zero attached hydrogens (tertiary/aromatic N) is 2. The molecule has 1 aromatic heterocycles. The molecule has 1 aliphatic carbocycles. The average Bonchev–Trinajstić information content (AvgIpc) is 3.34. The van der Waals surface area contributed by atoms with Crippen LogP contribution in [0.5, 0.6) is 0 Å². The van der Waals surface area contributed by atoms with Crippen LogP contribution in [0.3, 0.4) is 0 Å². The van der Waals surface area contributed by atoms with Gasteiger partial charge in [-0.25, -0.2) is 4.79 Å². The molecule has 308 valence electrons. The highest BCUT2D eigenvalue weighted by Gasteiger charge is 2.59. The number of nitrogens with one attached hydrogen (secondary N) is 2. The van der Waals surface area contributed by atoms with Crippen molar-refractivity contribution in [3.63, 3.8) is 0 Å². The summed E-state index contributed by atoms with van der Waals surface area (Å²) >= 11 is 3.14. The van der Waals surface area contributed by atoms with Gasteiger partial charge in [0, 0.05) is 59.9 Å². The third kappa shape index (κ3) is 14.2. The Morgan fingerprint density at radius 3 is 2.29 bits per heavy atom. The van der Waals surface area contributed by atoms with Crippen LogP contribution in [0.15, 0.2) is 17.1 Å². The van der Waals surface area contributed by atoms with Crippen molar-refractivity contribution in [3.8, 4) is 0 Å². The predicted molar refractivity (Wildman–Crippen MR) is 195 cm³/mol. The van der Waals surface area contributed by atoms with Gasteiger partial charge in [0.2, 0.25) is 12.1 Å². The maximum Gasteiger partial charge on any atom is 0.351 e. The molecular weight excluding hydrogens is 775 g/mol. The molecular formula is C34H48F2N4O13S2. The van der Waals surface area contributed by atoms with Crippen molar-refractivity contribution in [2.45, 2.75) is 93.7 Å². The first-order valence-corrected chi connectivity index (χ1v) is 19.9. The number of rotatable bonds is 25. The molecule has 0 spiro atoms. The lowest BCUT2D eigenvalue weighted by Gasteiger charge is -2.36. The first-order chi connectivity index (χ1) is 26.1. The standard InChI is InChI=1S/C34H48F2N4O13S2/c1-3-20(17-54-24-4-5-25(24)55-18-21(31(48)49)14-22(43)9-13-51-12-8-19(2)42)30(47)37-10-6-28(45)52-16-27(44)38-26-7-11-40(33(50)39-26)32-34(35,36)29(46)23(15-41)53-32/h7,11,20-21,23-25,29,32,41,46H,3-6,8-10,12-18H2,1-2H3,(H,37,47)(H,48,49)(H,38,39,44,50)/t20?,21?,23-,24?,25?,29-,32-/m0/s1. The van der Waals surface area contributed by atoms with Gasteiger partial charge in [-0.05, 0) is 32.3 Å². The topological polar surface area (TPSA) is 250 Å². The van der Waals surface area contributed by atoms with Gasteiger partial charge < -0.3 is 40.2 Å². The molecule has 3 rings (SSSR count). The molecule has 2 heterocycles. The van der Waals surface area contributed by atoms with Crippen LogP contribution in [0, 0.1) is 11.8 Å². The summed E-state index contributed by atoms with van der Waals surface area (Å²) in [4.78, 5) is 88.1. The van der Waals surface area contributed by atoms with Crippen LogP contribution in [0.25, 0.3) is 0 Å². The van der Waals surface area contributed by atoms with Crippen LogP contribution in [0.1, 0.15) is 65.0 Å². The Balaban J connectivity index is 1.32. The number of aromatic nitrogens is 2. The quantitative estimate of drug-likeness (QED) is 0.0686. The van der Waals surface area contributed by atoms with E-state index in [0.29, 0.717) is 16.7 Å². The molecule has 2 aliphatic rings. The molecule has 0 aromatic carbocycles. The van der Waals surface area contributed by atoms with Gasteiger partial charge in [0.05, 0.1) is 32.2 Å². The summed E-state index contributed by atoms with van der Waals surface area (Å²) in [6, 6.07) is 1.02. The fourth-order valence-electron chi connectivity index (χ4n) is 5.39. The molecule has 21 heteroatoms. The molecule has 2 amide bonds. The molecule has 0 radical (unpaired) electrons. The summed E-state index contributed by atoms with van der Waals surface area (Å²) < 4.78 is 44.2. The Morgan fingerprint density at radius 1 is 1.07 bits per heavy atom. The summed E-state index contributed by atoms with van der Waals surface area (Å²) in [6.07, 6.45) is -3.00. The number of carbonyl (C=O) groups is 6. The fourth-order valence-corrected chi connectivity index (χ4v) is 8.77. The van der Waals surface area contributed by atoms with E-state index in [-0.39, 0.29) is 90.9 Å². The van der Waals surface area contributed by atoms with Gasteiger partial charge in [-0.2, -0.15) is 37.3 Å². The largest absolute Gasteiger partial charge is 0.481 e. The minimum absolute atomic E-state index is 0.0148. The zero-order valence-corrected chi connectivity index (χ0v) is 32.1. The number of hydrogen-bond acceptors (Lipinski definition) is 15. The van der Waals surface area contributed by atoms with Crippen LogP contribution >= 0.6 is 23.5 Å². The van der Waals surface area contributed by atoms with Crippen LogP contribution in [-0.2, 0) is 43.0 Å². The van der Waals surface area contributed by atoms with Crippen molar-refractivity contribution in [2.24, 2.45) is 11.8 Å². The molecule has 1 saturated heterocycles. The van der Waals surface area contributed by atoms with Gasteiger partial charge in [-0.1, -0.05) is 6.92 Å². The number of hydrogen-bond donors (Lipinski definition) is 5. The molecule has 0 bridgehead atoms. The van der Waals surface area contributed by atoms with E-state index in [1.807, 2.05) is 6.92 Å². The minimum atomic E-state index is -3.91. The van der Waals surface area contributed by atoms with E-state index in [4.69, 9.17) is 19.3 Å². The van der Waals surface area contributed by atoms with Crippen molar-refractivity contribution in [1.29, 1.82) is 0 Å². The summed E-state index contributed by atoms with van der Waals surface area (Å²) in [7, 11) is 0. The summed E-state index contributed by atoms with van der Waals surface area (Å²) in [6.45, 7) is 1.94. The lowest BCUT2D eigenvalue weighted by molar-refractivity contribution is -0.147. The maximum absolute atomic E-state index is 14.4. The monoisotopic (exact) mass is 822 g/mol.